The van der Waals surface area contributed by atoms with Crippen LogP contribution in [0.1, 0.15) is 41.9 Å². The van der Waals surface area contributed by atoms with E-state index >= 15 is 0 Å². The first-order chi connectivity index (χ1) is 13.4. The van der Waals surface area contributed by atoms with Crippen molar-refractivity contribution < 1.29 is 18.3 Å². The van der Waals surface area contributed by atoms with Gasteiger partial charge in [-0.05, 0) is 70.9 Å². The summed E-state index contributed by atoms with van der Waals surface area (Å²) in [7, 11) is 0. The lowest BCUT2D eigenvalue weighted by molar-refractivity contribution is 0.0781. The molecule has 0 atom stereocenters. The van der Waals surface area contributed by atoms with Gasteiger partial charge in [0.05, 0.1) is 5.60 Å². The summed E-state index contributed by atoms with van der Waals surface area (Å²) in [6, 6.07) is 7.10. The maximum atomic E-state index is 12.3. The zero-order valence-corrected chi connectivity index (χ0v) is 17.5. The zero-order chi connectivity index (χ0) is 22.2. The summed E-state index contributed by atoms with van der Waals surface area (Å²) in [4.78, 5) is 10.9. The molecule has 0 spiro atoms. The Bertz CT molecular complexity index is 790. The van der Waals surface area contributed by atoms with Gasteiger partial charge in [0, 0.05) is 35.4 Å². The second-order valence-corrected chi connectivity index (χ2v) is 7.17. The fraction of sp³-hybridized carbons (Fsp3) is 0.318. The summed E-state index contributed by atoms with van der Waals surface area (Å²) in [6.07, 6.45) is 3.46. The third-order valence-electron chi connectivity index (χ3n) is 3.53. The fourth-order valence-electron chi connectivity index (χ4n) is 2.27. The van der Waals surface area contributed by atoms with Crippen LogP contribution in [-0.4, -0.2) is 20.1 Å². The number of aliphatic hydroxyl groups is 1. The number of rotatable bonds is 1. The molecule has 3 aromatic heterocycles. The molecule has 0 aliphatic heterocycles. The van der Waals surface area contributed by atoms with Gasteiger partial charge in [0.15, 0.2) is 0 Å². The third-order valence-corrected chi connectivity index (χ3v) is 3.53. The van der Waals surface area contributed by atoms with E-state index in [1.54, 1.807) is 33.2 Å². The highest BCUT2D eigenvalue weighted by molar-refractivity contribution is 5.21. The summed E-state index contributed by atoms with van der Waals surface area (Å²) in [5.41, 5.74) is 3.15. The maximum Gasteiger partial charge on any atom is 0.215 e. The minimum atomic E-state index is -0.779. The highest BCUT2D eigenvalue weighted by Gasteiger charge is 2.15. The molecule has 0 aliphatic carbocycles. The summed E-state index contributed by atoms with van der Waals surface area (Å²) in [6.45, 7) is 10.6. The Labute approximate surface area is 169 Å². The number of pyridine rings is 3. The summed E-state index contributed by atoms with van der Waals surface area (Å²) < 4.78 is 36.5. The van der Waals surface area contributed by atoms with Gasteiger partial charge < -0.3 is 5.11 Å². The molecular formula is C22H26F3N3O. The molecule has 1 N–H and O–H groups in total. The Kier molecular flexibility index (Phi) is 8.91. The molecule has 3 rings (SSSR count). The van der Waals surface area contributed by atoms with Crippen molar-refractivity contribution in [1.29, 1.82) is 0 Å². The highest BCUT2D eigenvalue weighted by atomic mass is 19.1. The summed E-state index contributed by atoms with van der Waals surface area (Å²) in [5, 5.41) is 9.57. The van der Waals surface area contributed by atoms with Gasteiger partial charge in [0.25, 0.3) is 0 Å². The number of nitrogens with zero attached hydrogens (tertiary/aromatic N) is 3. The van der Waals surface area contributed by atoms with Crippen molar-refractivity contribution in [3.63, 3.8) is 0 Å². The van der Waals surface area contributed by atoms with Crippen molar-refractivity contribution in [3.05, 3.63) is 88.5 Å². The van der Waals surface area contributed by atoms with E-state index in [-0.39, 0.29) is 0 Å². The Morgan fingerprint density at radius 3 is 1.66 bits per heavy atom. The Morgan fingerprint density at radius 2 is 1.28 bits per heavy atom. The van der Waals surface area contributed by atoms with Crippen LogP contribution in [0, 0.1) is 45.4 Å². The largest absolute Gasteiger partial charge is 0.386 e. The molecular weight excluding hydrogens is 379 g/mol. The molecule has 3 heterocycles. The number of aromatic nitrogens is 3. The smallest absolute Gasteiger partial charge is 0.215 e. The Morgan fingerprint density at radius 1 is 0.724 bits per heavy atom. The molecule has 0 bridgehead atoms. The molecule has 156 valence electrons. The minimum Gasteiger partial charge on any atom is -0.386 e. The van der Waals surface area contributed by atoms with E-state index in [0.717, 1.165) is 28.5 Å². The van der Waals surface area contributed by atoms with Crippen molar-refractivity contribution in [2.75, 3.05) is 0 Å². The number of halogens is 3. The first-order valence-electron chi connectivity index (χ1n) is 8.92. The molecule has 29 heavy (non-hydrogen) atoms. The lowest BCUT2D eigenvalue weighted by atomic mass is 10.00. The zero-order valence-electron chi connectivity index (χ0n) is 17.5. The van der Waals surface area contributed by atoms with Crippen LogP contribution in [-0.2, 0) is 5.60 Å². The molecule has 4 nitrogen and oxygen atoms in total. The normalized spacial score (nSPS) is 10.4. The van der Waals surface area contributed by atoms with Gasteiger partial charge in [-0.3, -0.25) is 4.98 Å². The highest BCUT2D eigenvalue weighted by Crippen LogP contribution is 2.18. The first kappa shape index (κ1) is 24.2. The van der Waals surface area contributed by atoms with Crippen LogP contribution >= 0.6 is 0 Å². The van der Waals surface area contributed by atoms with Crippen LogP contribution in [0.25, 0.3) is 0 Å². The predicted octanol–water partition coefficient (Wildman–Crippen LogP) is 5.12. The van der Waals surface area contributed by atoms with E-state index in [9.17, 15) is 18.3 Å². The monoisotopic (exact) mass is 405 g/mol. The van der Waals surface area contributed by atoms with E-state index < -0.39 is 23.3 Å². The predicted molar refractivity (Wildman–Crippen MR) is 107 cm³/mol. The SMILES string of the molecule is Cc1cc(C)nc(F)c1.Cc1cc(F)cc(F)n1.Cc1cncc(C(C)(C)O)c1. The van der Waals surface area contributed by atoms with Crippen LogP contribution in [0.2, 0.25) is 0 Å². The Hall–Kier alpha value is -2.80. The lowest BCUT2D eigenvalue weighted by Crippen LogP contribution is -2.15. The first-order valence-corrected chi connectivity index (χ1v) is 8.92. The molecule has 0 aliphatic rings. The number of hydrogen-bond donors (Lipinski definition) is 1. The second-order valence-electron chi connectivity index (χ2n) is 7.17. The van der Waals surface area contributed by atoms with Gasteiger partial charge in [-0.1, -0.05) is 6.07 Å². The van der Waals surface area contributed by atoms with Gasteiger partial charge in [0.2, 0.25) is 11.9 Å². The molecule has 0 aromatic carbocycles. The minimum absolute atomic E-state index is 0.354. The number of aryl methyl sites for hydroxylation is 4. The quantitative estimate of drug-likeness (QED) is 0.571. The summed E-state index contributed by atoms with van der Waals surface area (Å²) in [5.74, 6) is -1.75. The van der Waals surface area contributed by atoms with Crippen LogP contribution in [0.3, 0.4) is 0 Å². The lowest BCUT2D eigenvalue weighted by Gasteiger charge is -2.17. The van der Waals surface area contributed by atoms with Crippen molar-refractivity contribution in [2.24, 2.45) is 0 Å². The van der Waals surface area contributed by atoms with Gasteiger partial charge in [-0.25, -0.2) is 14.4 Å². The van der Waals surface area contributed by atoms with Crippen molar-refractivity contribution in [2.45, 2.75) is 47.1 Å². The van der Waals surface area contributed by atoms with E-state index in [1.165, 1.54) is 19.1 Å². The number of hydrogen-bond acceptors (Lipinski definition) is 4. The Balaban J connectivity index is 0.000000219. The average Bonchev–Trinajstić information content (AvgIpc) is 2.52. The van der Waals surface area contributed by atoms with Gasteiger partial charge in [0.1, 0.15) is 5.82 Å². The van der Waals surface area contributed by atoms with E-state index in [2.05, 4.69) is 15.0 Å². The second kappa shape index (κ2) is 10.7. The molecule has 0 unspecified atom stereocenters. The van der Waals surface area contributed by atoms with Crippen LogP contribution < -0.4 is 0 Å². The van der Waals surface area contributed by atoms with Crippen molar-refractivity contribution in [3.8, 4) is 0 Å². The molecule has 3 aromatic rings. The standard InChI is InChI=1S/C9H13NO.C7H8FN.C6H5F2N/c1-7-4-8(6-10-5-7)9(2,3)11;1-5-3-6(2)9-7(8)4-5;1-4-2-5(7)3-6(8)9-4/h4-6,11H,1-3H3;3-4H,1-2H3;2-3H,1H3. The van der Waals surface area contributed by atoms with Crippen LogP contribution in [0.4, 0.5) is 13.2 Å². The van der Waals surface area contributed by atoms with E-state index in [4.69, 9.17) is 0 Å². The molecule has 0 fully saturated rings. The van der Waals surface area contributed by atoms with Crippen molar-refractivity contribution >= 4 is 0 Å². The molecule has 0 saturated heterocycles. The average molecular weight is 405 g/mol. The third kappa shape index (κ3) is 9.80. The van der Waals surface area contributed by atoms with Crippen molar-refractivity contribution in [1.82, 2.24) is 15.0 Å². The van der Waals surface area contributed by atoms with Gasteiger partial charge in [-0.15, -0.1) is 0 Å². The van der Waals surface area contributed by atoms with E-state index in [1.807, 2.05) is 26.0 Å². The van der Waals surface area contributed by atoms with Crippen LogP contribution in [0.15, 0.2) is 42.7 Å². The molecule has 7 heteroatoms. The van der Waals surface area contributed by atoms with Gasteiger partial charge in [-0.2, -0.15) is 8.78 Å². The molecule has 0 amide bonds. The van der Waals surface area contributed by atoms with E-state index in [0.29, 0.717) is 5.69 Å². The maximum absolute atomic E-state index is 12.3. The summed E-state index contributed by atoms with van der Waals surface area (Å²) >= 11 is 0. The molecule has 0 radical (unpaired) electrons. The van der Waals surface area contributed by atoms with Crippen LogP contribution in [0.5, 0.6) is 0 Å². The molecule has 0 saturated carbocycles. The van der Waals surface area contributed by atoms with Gasteiger partial charge >= 0.3 is 0 Å². The topological polar surface area (TPSA) is 58.9 Å². The fourth-order valence-corrected chi connectivity index (χ4v) is 2.27.